The monoisotopic (exact) mass is 497 g/mol. The van der Waals surface area contributed by atoms with Gasteiger partial charge in [-0.15, -0.1) is 11.3 Å². The van der Waals surface area contributed by atoms with Crippen molar-refractivity contribution in [2.45, 2.75) is 52.7 Å². The molecule has 1 amide bonds. The number of amides is 1. The predicted octanol–water partition coefficient (Wildman–Crippen LogP) is 3.47. The van der Waals surface area contributed by atoms with Gasteiger partial charge in [-0.3, -0.25) is 4.79 Å². The Hall–Kier alpha value is -3.17. The average molecular weight is 498 g/mol. The number of carbonyl (C=O) groups is 2. The van der Waals surface area contributed by atoms with Crippen LogP contribution in [0.4, 0.5) is 5.00 Å². The van der Waals surface area contributed by atoms with Gasteiger partial charge in [0.2, 0.25) is 5.91 Å². The van der Waals surface area contributed by atoms with Gasteiger partial charge >= 0.3 is 0 Å². The van der Waals surface area contributed by atoms with Crippen molar-refractivity contribution in [2.24, 2.45) is 5.73 Å². The van der Waals surface area contributed by atoms with Crippen LogP contribution in [0.5, 0.6) is 5.75 Å². The maximum absolute atomic E-state index is 12.6. The molecular weight excluding hydrogens is 462 g/mol. The number of methoxy groups -OCH3 is 1. The first-order valence-corrected chi connectivity index (χ1v) is 12.6. The molecule has 0 bridgehead atoms. The molecule has 0 saturated heterocycles. The molecule has 0 aliphatic carbocycles. The number of aldehydes is 1. The summed E-state index contributed by atoms with van der Waals surface area (Å²) in [6, 6.07) is 7.74. The smallest absolute Gasteiger partial charge is 0.242 e. The third-order valence-electron chi connectivity index (χ3n) is 6.08. The van der Waals surface area contributed by atoms with E-state index in [-0.39, 0.29) is 5.91 Å². The molecule has 1 aromatic carbocycles. The lowest BCUT2D eigenvalue weighted by Gasteiger charge is -2.27. The fraction of sp³-hybridized carbons (Fsp3) is 0.423. The van der Waals surface area contributed by atoms with Gasteiger partial charge in [0.1, 0.15) is 24.4 Å². The number of anilines is 1. The maximum atomic E-state index is 12.6. The number of aryl methyl sites for hydroxylation is 3. The number of imidazole rings is 1. The zero-order valence-corrected chi connectivity index (χ0v) is 21.8. The van der Waals surface area contributed by atoms with Gasteiger partial charge in [-0.05, 0) is 43.9 Å². The van der Waals surface area contributed by atoms with Crippen LogP contribution in [-0.4, -0.2) is 47.3 Å². The fourth-order valence-corrected chi connectivity index (χ4v) is 5.54. The zero-order valence-electron chi connectivity index (χ0n) is 21.0. The highest BCUT2D eigenvalue weighted by Crippen LogP contribution is 2.36. The average Bonchev–Trinajstić information content (AvgIpc) is 3.40. The van der Waals surface area contributed by atoms with E-state index in [0.29, 0.717) is 26.1 Å². The van der Waals surface area contributed by atoms with E-state index in [2.05, 4.69) is 10.3 Å². The van der Waals surface area contributed by atoms with E-state index in [9.17, 15) is 9.59 Å². The number of hydrogen-bond acceptors (Lipinski definition) is 7. The number of benzene rings is 1. The Morgan fingerprint density at radius 2 is 2.09 bits per heavy atom. The van der Waals surface area contributed by atoms with E-state index in [1.54, 1.807) is 18.4 Å². The topological polar surface area (TPSA) is 102 Å². The lowest BCUT2D eigenvalue weighted by molar-refractivity contribution is -0.132. The summed E-state index contributed by atoms with van der Waals surface area (Å²) in [5, 5.41) is 4.35. The number of hydrogen-bond donors (Lipinski definition) is 2. The van der Waals surface area contributed by atoms with Crippen molar-refractivity contribution in [1.82, 2.24) is 14.5 Å². The van der Waals surface area contributed by atoms with E-state index < -0.39 is 0 Å². The lowest BCUT2D eigenvalue weighted by atomic mass is 10.0. The highest BCUT2D eigenvalue weighted by atomic mass is 32.1. The third kappa shape index (κ3) is 6.49. The molecule has 3 aromatic rings. The molecule has 1 aliphatic heterocycles. The van der Waals surface area contributed by atoms with Crippen molar-refractivity contribution in [3.63, 3.8) is 0 Å². The van der Waals surface area contributed by atoms with Crippen LogP contribution in [0.1, 0.15) is 39.5 Å². The minimum atomic E-state index is 0.143. The van der Waals surface area contributed by atoms with Crippen molar-refractivity contribution in [2.75, 3.05) is 26.0 Å². The number of nitrogens with zero attached hydrogens (tertiary/aromatic N) is 3. The van der Waals surface area contributed by atoms with Crippen LogP contribution in [-0.2, 0) is 42.1 Å². The van der Waals surface area contributed by atoms with E-state index >= 15 is 0 Å². The molecule has 3 heterocycles. The van der Waals surface area contributed by atoms with Gasteiger partial charge in [0, 0.05) is 43.2 Å². The molecule has 0 unspecified atom stereocenters. The first kappa shape index (κ1) is 26.4. The Bertz CT molecular complexity index is 1150. The number of thiophene rings is 1. The van der Waals surface area contributed by atoms with Crippen molar-refractivity contribution >= 4 is 28.5 Å². The maximum Gasteiger partial charge on any atom is 0.242 e. The van der Waals surface area contributed by atoms with Gasteiger partial charge in [0.05, 0.1) is 24.3 Å². The minimum Gasteiger partial charge on any atom is -0.496 e. The molecule has 0 spiro atoms. The molecular formula is C26H35N5O3S. The molecule has 0 fully saturated rings. The summed E-state index contributed by atoms with van der Waals surface area (Å²) in [6.45, 7) is 6.21. The molecule has 1 aliphatic rings. The summed E-state index contributed by atoms with van der Waals surface area (Å²) >= 11 is 1.72. The Labute approximate surface area is 211 Å². The highest BCUT2D eigenvalue weighted by Gasteiger charge is 2.26. The molecule has 2 aromatic heterocycles. The van der Waals surface area contributed by atoms with Gasteiger partial charge in [0.25, 0.3) is 0 Å². The van der Waals surface area contributed by atoms with Gasteiger partial charge in [0.15, 0.2) is 0 Å². The van der Waals surface area contributed by atoms with E-state index in [1.165, 1.54) is 16.0 Å². The first-order valence-electron chi connectivity index (χ1n) is 11.8. The standard InChI is InChI=1S/C16H23N5OS.C10H12O2/c1-10-7-21(11(2)19-10)9-15(22)20-5-4-12-13(6-17)16(18-3)23-14(12)8-20;1-12-10-7-3-2-5-9(10)6-4-8-11/h7,18H,4-6,8-9,17H2,1-3H3;2-3,5,7-8H,4,6H2,1H3. The molecule has 9 heteroatoms. The Morgan fingerprint density at radius 1 is 1.31 bits per heavy atom. The lowest BCUT2D eigenvalue weighted by Crippen LogP contribution is -2.37. The fourth-order valence-electron chi connectivity index (χ4n) is 4.30. The zero-order chi connectivity index (χ0) is 25.4. The van der Waals surface area contributed by atoms with Crippen LogP contribution < -0.4 is 15.8 Å². The van der Waals surface area contributed by atoms with Gasteiger partial charge in [-0.2, -0.15) is 0 Å². The number of nitrogens with one attached hydrogen (secondary N) is 1. The van der Waals surface area contributed by atoms with Crippen LogP contribution in [0.3, 0.4) is 0 Å². The van der Waals surface area contributed by atoms with E-state index in [1.807, 2.05) is 60.8 Å². The summed E-state index contributed by atoms with van der Waals surface area (Å²) in [7, 11) is 3.56. The van der Waals surface area contributed by atoms with Crippen LogP contribution in [0.2, 0.25) is 0 Å². The van der Waals surface area contributed by atoms with Crippen LogP contribution in [0.25, 0.3) is 0 Å². The summed E-state index contributed by atoms with van der Waals surface area (Å²) in [6.07, 6.45) is 5.05. The SMILES string of the molecule is CNc1sc2c(c1CN)CCN(C(=O)Cn1cc(C)nc1C)C2.COc1ccccc1CCC=O. The normalized spacial score (nSPS) is 12.4. The van der Waals surface area contributed by atoms with Crippen molar-refractivity contribution < 1.29 is 14.3 Å². The first-order chi connectivity index (χ1) is 16.9. The summed E-state index contributed by atoms with van der Waals surface area (Å²) in [4.78, 5) is 30.3. The second-order valence-corrected chi connectivity index (χ2v) is 9.51. The third-order valence-corrected chi connectivity index (χ3v) is 7.35. The predicted molar refractivity (Wildman–Crippen MR) is 140 cm³/mol. The Morgan fingerprint density at radius 3 is 2.71 bits per heavy atom. The number of aromatic nitrogens is 2. The van der Waals surface area contributed by atoms with Crippen LogP contribution in [0.15, 0.2) is 30.5 Å². The summed E-state index contributed by atoms with van der Waals surface area (Å²) < 4.78 is 7.05. The van der Waals surface area contributed by atoms with E-state index in [4.69, 9.17) is 10.5 Å². The largest absolute Gasteiger partial charge is 0.496 e. The number of para-hydroxylation sites is 1. The molecule has 0 atom stereocenters. The number of fused-ring (bicyclic) bond motifs is 1. The number of carbonyl (C=O) groups excluding carboxylic acids is 2. The number of rotatable bonds is 8. The second kappa shape index (κ2) is 12.5. The number of ether oxygens (including phenoxy) is 1. The second-order valence-electron chi connectivity index (χ2n) is 8.41. The number of nitrogens with two attached hydrogens (primary N) is 1. The van der Waals surface area contributed by atoms with Crippen LogP contribution in [0, 0.1) is 13.8 Å². The van der Waals surface area contributed by atoms with Crippen LogP contribution >= 0.6 is 11.3 Å². The molecule has 188 valence electrons. The summed E-state index contributed by atoms with van der Waals surface area (Å²) in [5.41, 5.74) is 10.5. The van der Waals surface area contributed by atoms with Crippen molar-refractivity contribution in [1.29, 1.82) is 0 Å². The molecule has 8 nitrogen and oxygen atoms in total. The van der Waals surface area contributed by atoms with Gasteiger partial charge in [-0.25, -0.2) is 4.98 Å². The molecule has 3 N–H and O–H groups in total. The summed E-state index contributed by atoms with van der Waals surface area (Å²) in [5.74, 6) is 1.89. The molecule has 0 radical (unpaired) electrons. The van der Waals surface area contributed by atoms with E-state index in [0.717, 1.165) is 53.5 Å². The van der Waals surface area contributed by atoms with Gasteiger partial charge in [-0.1, -0.05) is 18.2 Å². The molecule has 35 heavy (non-hydrogen) atoms. The van der Waals surface area contributed by atoms with Gasteiger partial charge < -0.3 is 30.0 Å². The Balaban J connectivity index is 0.000000241. The van der Waals surface area contributed by atoms with Crippen molar-refractivity contribution in [3.8, 4) is 5.75 Å². The highest BCUT2D eigenvalue weighted by molar-refractivity contribution is 7.16. The Kier molecular flexibility index (Phi) is 9.45. The van der Waals surface area contributed by atoms with Crippen molar-refractivity contribution in [3.05, 3.63) is 63.5 Å². The molecule has 4 rings (SSSR count). The minimum absolute atomic E-state index is 0.143. The quantitative estimate of drug-likeness (QED) is 0.462. The molecule has 0 saturated carbocycles.